The molecule has 0 saturated heterocycles. The fourth-order valence-electron chi connectivity index (χ4n) is 1.31. The molecule has 0 spiro atoms. The fraction of sp³-hybridized carbons (Fsp3) is 0.417. The zero-order chi connectivity index (χ0) is 13.0. The van der Waals surface area contributed by atoms with E-state index in [0.29, 0.717) is 11.0 Å². The van der Waals surface area contributed by atoms with Crippen LogP contribution in [0.15, 0.2) is 22.7 Å². The van der Waals surface area contributed by atoms with Gasteiger partial charge in [-0.15, -0.1) is 0 Å². The van der Waals surface area contributed by atoms with Crippen molar-refractivity contribution < 1.29 is 0 Å². The molecule has 0 heterocycles. The average molecular weight is 316 g/mol. The van der Waals surface area contributed by atoms with E-state index in [4.69, 9.17) is 18.0 Å². The zero-order valence-electron chi connectivity index (χ0n) is 10.3. The second-order valence-electron chi connectivity index (χ2n) is 4.25. The number of nitrogens with two attached hydrogens (primary N) is 1. The largest absolute Gasteiger partial charge is 0.389 e. The Balaban J connectivity index is 2.80. The average Bonchev–Trinajstić information content (AvgIpc) is 2.26. The smallest absolute Gasteiger partial charge is 0.106 e. The summed E-state index contributed by atoms with van der Waals surface area (Å²) < 4.78 is 0.978. The minimum Gasteiger partial charge on any atom is -0.389 e. The molecule has 3 N–H and O–H groups in total. The molecule has 0 aliphatic rings. The number of hydrogen-bond donors (Lipinski definition) is 2. The van der Waals surface area contributed by atoms with Gasteiger partial charge >= 0.3 is 0 Å². The van der Waals surface area contributed by atoms with E-state index >= 15 is 0 Å². The van der Waals surface area contributed by atoms with Crippen LogP contribution in [0.4, 0.5) is 5.69 Å². The van der Waals surface area contributed by atoms with Gasteiger partial charge < -0.3 is 16.0 Å². The van der Waals surface area contributed by atoms with Crippen LogP contribution in [-0.4, -0.2) is 36.6 Å². The second kappa shape index (κ2) is 6.33. The Morgan fingerprint density at radius 3 is 2.71 bits per heavy atom. The molecule has 0 radical (unpaired) electrons. The van der Waals surface area contributed by atoms with Crippen molar-refractivity contribution in [3.05, 3.63) is 28.2 Å². The van der Waals surface area contributed by atoms with E-state index in [1.807, 2.05) is 18.2 Å². The van der Waals surface area contributed by atoms with Crippen molar-refractivity contribution in [1.29, 1.82) is 0 Å². The van der Waals surface area contributed by atoms with E-state index in [2.05, 4.69) is 47.2 Å². The molecular formula is C12H18BrN3S. The Morgan fingerprint density at radius 1 is 1.53 bits per heavy atom. The summed E-state index contributed by atoms with van der Waals surface area (Å²) in [5.41, 5.74) is 7.57. The van der Waals surface area contributed by atoms with Crippen molar-refractivity contribution in [3.8, 4) is 0 Å². The van der Waals surface area contributed by atoms with E-state index in [1.165, 1.54) is 0 Å². The van der Waals surface area contributed by atoms with Crippen molar-refractivity contribution >= 4 is 38.8 Å². The summed E-state index contributed by atoms with van der Waals surface area (Å²) in [6, 6.07) is 6.34. The minimum atomic E-state index is 0.409. The first-order valence-corrected chi connectivity index (χ1v) is 6.61. The minimum absolute atomic E-state index is 0.409. The summed E-state index contributed by atoms with van der Waals surface area (Å²) in [6.07, 6.45) is 0. The lowest BCUT2D eigenvalue weighted by molar-refractivity contribution is 0.326. The van der Waals surface area contributed by atoms with Crippen molar-refractivity contribution in [2.75, 3.05) is 26.0 Å². The third kappa shape index (κ3) is 4.26. The van der Waals surface area contributed by atoms with Crippen LogP contribution in [0.5, 0.6) is 0 Å². The third-order valence-corrected chi connectivity index (χ3v) is 3.43. The molecule has 1 rings (SSSR count). The highest BCUT2D eigenvalue weighted by Gasteiger charge is 2.08. The number of nitrogens with one attached hydrogen (secondary N) is 1. The van der Waals surface area contributed by atoms with Crippen LogP contribution >= 0.6 is 28.1 Å². The van der Waals surface area contributed by atoms with Crippen molar-refractivity contribution in [1.82, 2.24) is 4.90 Å². The Morgan fingerprint density at radius 2 is 2.18 bits per heavy atom. The maximum atomic E-state index is 5.71. The van der Waals surface area contributed by atoms with Crippen LogP contribution in [0.25, 0.3) is 0 Å². The molecule has 0 bridgehead atoms. The molecule has 0 aliphatic heterocycles. The molecule has 0 amide bonds. The number of likely N-dealkylation sites (N-methyl/N-ethyl adjacent to an activating group) is 1. The van der Waals surface area contributed by atoms with E-state index in [1.54, 1.807) is 0 Å². The molecule has 0 aromatic heterocycles. The van der Waals surface area contributed by atoms with Crippen LogP contribution in [-0.2, 0) is 0 Å². The number of nitrogens with zero attached hydrogens (tertiary/aromatic N) is 1. The van der Waals surface area contributed by atoms with Crippen LogP contribution in [0.3, 0.4) is 0 Å². The molecule has 17 heavy (non-hydrogen) atoms. The molecule has 1 aromatic rings. The number of anilines is 1. The zero-order valence-corrected chi connectivity index (χ0v) is 12.7. The van der Waals surface area contributed by atoms with Crippen LogP contribution in [0, 0.1) is 0 Å². The quantitative estimate of drug-likeness (QED) is 0.819. The summed E-state index contributed by atoms with van der Waals surface area (Å²) in [5, 5.41) is 3.37. The highest BCUT2D eigenvalue weighted by molar-refractivity contribution is 9.10. The lowest BCUT2D eigenvalue weighted by Gasteiger charge is -2.21. The van der Waals surface area contributed by atoms with Crippen LogP contribution in [0.2, 0.25) is 0 Å². The Bertz CT molecular complexity index is 407. The highest BCUT2D eigenvalue weighted by Crippen LogP contribution is 2.21. The topological polar surface area (TPSA) is 41.3 Å². The van der Waals surface area contributed by atoms with Crippen molar-refractivity contribution in [3.63, 3.8) is 0 Å². The number of benzene rings is 1. The maximum absolute atomic E-state index is 5.71. The monoisotopic (exact) mass is 315 g/mol. The second-order valence-corrected chi connectivity index (χ2v) is 5.60. The van der Waals surface area contributed by atoms with Crippen LogP contribution < -0.4 is 11.1 Å². The third-order valence-electron chi connectivity index (χ3n) is 2.72. The standard InChI is InChI=1S/C12H18BrN3S/c1-8(16(2)3)7-15-11-5-4-9(13)6-10(11)12(14)17/h4-6,8,15H,7H2,1-3H3,(H2,14,17). The molecule has 94 valence electrons. The van der Waals surface area contributed by atoms with Gasteiger partial charge in [-0.2, -0.15) is 0 Å². The van der Waals surface area contributed by atoms with Gasteiger partial charge in [-0.3, -0.25) is 0 Å². The molecular weight excluding hydrogens is 298 g/mol. The molecule has 0 fully saturated rings. The number of thiocarbonyl (C=S) groups is 1. The summed E-state index contributed by atoms with van der Waals surface area (Å²) in [5.74, 6) is 0. The predicted octanol–water partition coefficient (Wildman–Crippen LogP) is 2.45. The van der Waals surface area contributed by atoms with E-state index in [9.17, 15) is 0 Å². The van der Waals surface area contributed by atoms with Gasteiger partial charge in [0.2, 0.25) is 0 Å². The van der Waals surface area contributed by atoms with Gasteiger partial charge in [0, 0.05) is 28.3 Å². The molecule has 0 aliphatic carbocycles. The molecule has 1 aromatic carbocycles. The Kier molecular flexibility index (Phi) is 5.36. The summed E-state index contributed by atoms with van der Waals surface area (Å²) >= 11 is 8.46. The van der Waals surface area contributed by atoms with Gasteiger partial charge in [0.15, 0.2) is 0 Å². The van der Waals surface area contributed by atoms with Crippen molar-refractivity contribution in [2.24, 2.45) is 5.73 Å². The van der Waals surface area contributed by atoms with E-state index in [-0.39, 0.29) is 0 Å². The summed E-state index contributed by atoms with van der Waals surface area (Å²) in [6.45, 7) is 3.01. The Labute approximate surface area is 116 Å². The summed E-state index contributed by atoms with van der Waals surface area (Å²) in [4.78, 5) is 2.57. The fourth-order valence-corrected chi connectivity index (χ4v) is 1.84. The van der Waals surface area contributed by atoms with Gasteiger partial charge in [0.05, 0.1) is 0 Å². The van der Waals surface area contributed by atoms with Gasteiger partial charge in [0.25, 0.3) is 0 Å². The van der Waals surface area contributed by atoms with Gasteiger partial charge in [-0.25, -0.2) is 0 Å². The first-order chi connectivity index (χ1) is 7.91. The number of hydrogen-bond acceptors (Lipinski definition) is 3. The first-order valence-electron chi connectivity index (χ1n) is 5.41. The lowest BCUT2D eigenvalue weighted by atomic mass is 10.1. The number of rotatable bonds is 5. The first kappa shape index (κ1) is 14.4. The van der Waals surface area contributed by atoms with Gasteiger partial charge in [-0.1, -0.05) is 28.1 Å². The molecule has 5 heteroatoms. The molecule has 3 nitrogen and oxygen atoms in total. The highest BCUT2D eigenvalue weighted by atomic mass is 79.9. The lowest BCUT2D eigenvalue weighted by Crippen LogP contribution is -2.32. The van der Waals surface area contributed by atoms with E-state index < -0.39 is 0 Å². The normalized spacial score (nSPS) is 12.5. The van der Waals surface area contributed by atoms with Gasteiger partial charge in [0.1, 0.15) is 4.99 Å². The van der Waals surface area contributed by atoms with Gasteiger partial charge in [-0.05, 0) is 39.2 Å². The van der Waals surface area contributed by atoms with Crippen molar-refractivity contribution in [2.45, 2.75) is 13.0 Å². The van der Waals surface area contributed by atoms with Crippen LogP contribution in [0.1, 0.15) is 12.5 Å². The molecule has 0 saturated carbocycles. The molecule has 1 atom stereocenters. The summed E-state index contributed by atoms with van der Waals surface area (Å²) in [7, 11) is 4.12. The van der Waals surface area contributed by atoms with E-state index in [0.717, 1.165) is 22.3 Å². The predicted molar refractivity (Wildman–Crippen MR) is 81.7 cm³/mol. The number of halogens is 1. The maximum Gasteiger partial charge on any atom is 0.106 e. The molecule has 1 unspecified atom stereocenters. The Hall–Kier alpha value is -0.650. The SMILES string of the molecule is CC(CNc1ccc(Br)cc1C(N)=S)N(C)C.